The van der Waals surface area contributed by atoms with Crippen molar-refractivity contribution in [2.24, 2.45) is 0 Å². The Kier molecular flexibility index (Phi) is 2.56. The SMILES string of the molecule is [2H]C([2H])([2H])OC(=O)c1ccccc1B1OC(C)(C)C(C)(C)O1. The number of rotatable bonds is 2. The second kappa shape index (κ2) is 4.65. The molecule has 0 bridgehead atoms. The Morgan fingerprint density at radius 1 is 1.21 bits per heavy atom. The van der Waals surface area contributed by atoms with Gasteiger partial charge >= 0.3 is 13.1 Å². The van der Waals surface area contributed by atoms with E-state index in [1.165, 1.54) is 6.07 Å². The number of carbonyl (C=O) groups excluding carboxylic acids is 1. The lowest BCUT2D eigenvalue weighted by molar-refractivity contribution is 0.00578. The van der Waals surface area contributed by atoms with Gasteiger partial charge in [-0.25, -0.2) is 4.79 Å². The number of hydrogen-bond donors (Lipinski definition) is 0. The zero-order valence-electron chi connectivity index (χ0n) is 14.5. The topological polar surface area (TPSA) is 44.8 Å². The van der Waals surface area contributed by atoms with Crippen LogP contribution in [0.3, 0.4) is 0 Å². The molecular weight excluding hydrogens is 243 g/mol. The van der Waals surface area contributed by atoms with Crippen LogP contribution in [0.2, 0.25) is 0 Å². The van der Waals surface area contributed by atoms with Crippen molar-refractivity contribution in [3.63, 3.8) is 0 Å². The van der Waals surface area contributed by atoms with Crippen LogP contribution in [0, 0.1) is 0 Å². The molecule has 0 spiro atoms. The van der Waals surface area contributed by atoms with Crippen molar-refractivity contribution in [1.29, 1.82) is 0 Å². The molecule has 1 aliphatic heterocycles. The first kappa shape index (κ1) is 10.5. The van der Waals surface area contributed by atoms with E-state index in [1.807, 2.05) is 27.7 Å². The Morgan fingerprint density at radius 3 is 2.37 bits per heavy atom. The van der Waals surface area contributed by atoms with Crippen LogP contribution in [0.4, 0.5) is 0 Å². The minimum atomic E-state index is -2.79. The second-order valence-corrected chi connectivity index (χ2v) is 5.57. The highest BCUT2D eigenvalue weighted by molar-refractivity contribution is 6.63. The van der Waals surface area contributed by atoms with Crippen LogP contribution in [0.25, 0.3) is 0 Å². The van der Waals surface area contributed by atoms with E-state index >= 15 is 0 Å². The molecule has 1 fully saturated rings. The minimum Gasteiger partial charge on any atom is -0.465 e. The molecule has 0 N–H and O–H groups in total. The maximum Gasteiger partial charge on any atom is 0.495 e. The minimum absolute atomic E-state index is 0.122. The summed E-state index contributed by atoms with van der Waals surface area (Å²) >= 11 is 0. The Balaban J connectivity index is 2.33. The lowest BCUT2D eigenvalue weighted by atomic mass is 9.76. The first-order valence-electron chi connectivity index (χ1n) is 7.61. The summed E-state index contributed by atoms with van der Waals surface area (Å²) in [5.41, 5.74) is -0.537. The van der Waals surface area contributed by atoms with Gasteiger partial charge < -0.3 is 14.0 Å². The molecule has 1 aliphatic rings. The molecule has 0 saturated carbocycles. The fourth-order valence-corrected chi connectivity index (χ4v) is 1.91. The van der Waals surface area contributed by atoms with E-state index in [1.54, 1.807) is 18.2 Å². The molecule has 5 heteroatoms. The summed E-state index contributed by atoms with van der Waals surface area (Å²) in [5, 5.41) is 0. The molecule has 0 radical (unpaired) electrons. The number of hydrogen-bond acceptors (Lipinski definition) is 4. The van der Waals surface area contributed by atoms with Gasteiger partial charge in [0.25, 0.3) is 0 Å². The van der Waals surface area contributed by atoms with Crippen molar-refractivity contribution < 1.29 is 23.0 Å². The van der Waals surface area contributed by atoms with E-state index in [9.17, 15) is 4.79 Å². The van der Waals surface area contributed by atoms with Crippen LogP contribution >= 0.6 is 0 Å². The van der Waals surface area contributed by atoms with Crippen molar-refractivity contribution in [3.8, 4) is 0 Å². The molecule has 4 nitrogen and oxygen atoms in total. The molecule has 0 amide bonds. The van der Waals surface area contributed by atoms with Crippen molar-refractivity contribution >= 4 is 18.6 Å². The molecule has 19 heavy (non-hydrogen) atoms. The maximum absolute atomic E-state index is 12.1. The number of carbonyl (C=O) groups is 1. The van der Waals surface area contributed by atoms with Gasteiger partial charge in [0.2, 0.25) is 0 Å². The number of benzene rings is 1. The second-order valence-electron chi connectivity index (χ2n) is 5.57. The quantitative estimate of drug-likeness (QED) is 0.604. The third-order valence-corrected chi connectivity index (χ3v) is 3.78. The van der Waals surface area contributed by atoms with E-state index < -0.39 is 31.3 Å². The number of esters is 1. The molecule has 102 valence electrons. The zero-order chi connectivity index (χ0) is 16.8. The standard InChI is InChI=1S/C14H19BO4/c1-13(2)14(3,4)19-15(18-13)11-9-7-6-8-10(11)12(16)17-5/h6-9H,1-5H3/i5D3. The normalized spacial score (nSPS) is 23.4. The summed E-state index contributed by atoms with van der Waals surface area (Å²) in [5.74, 6) is -0.926. The van der Waals surface area contributed by atoms with Crippen molar-refractivity contribution in [2.75, 3.05) is 7.04 Å². The zero-order valence-corrected chi connectivity index (χ0v) is 11.5. The highest BCUT2D eigenvalue weighted by Gasteiger charge is 2.52. The molecule has 0 atom stereocenters. The summed E-state index contributed by atoms with van der Waals surface area (Å²) in [6.07, 6.45) is 0. The molecule has 1 aromatic rings. The largest absolute Gasteiger partial charge is 0.495 e. The third-order valence-electron chi connectivity index (χ3n) is 3.78. The highest BCUT2D eigenvalue weighted by Crippen LogP contribution is 2.36. The van der Waals surface area contributed by atoms with E-state index in [0.29, 0.717) is 5.46 Å². The summed E-state index contributed by atoms with van der Waals surface area (Å²) in [6.45, 7) is 7.60. The monoisotopic (exact) mass is 265 g/mol. The Hall–Kier alpha value is -1.33. The van der Waals surface area contributed by atoms with Gasteiger partial charge in [-0.2, -0.15) is 0 Å². The smallest absolute Gasteiger partial charge is 0.465 e. The summed E-state index contributed by atoms with van der Waals surface area (Å²) in [7, 11) is -3.55. The molecule has 0 unspecified atom stereocenters. The lowest BCUT2D eigenvalue weighted by Crippen LogP contribution is -2.41. The summed E-state index contributed by atoms with van der Waals surface area (Å²) in [6, 6.07) is 6.52. The van der Waals surface area contributed by atoms with Gasteiger partial charge in [0, 0.05) is 0 Å². The molecule has 0 aliphatic carbocycles. The maximum atomic E-state index is 12.1. The average Bonchev–Trinajstić information content (AvgIpc) is 2.56. The molecule has 1 heterocycles. The molecular formula is C14H19BO4. The predicted molar refractivity (Wildman–Crippen MR) is 73.5 cm³/mol. The fourth-order valence-electron chi connectivity index (χ4n) is 1.91. The average molecular weight is 265 g/mol. The van der Waals surface area contributed by atoms with Crippen molar-refractivity contribution in [2.45, 2.75) is 38.9 Å². The van der Waals surface area contributed by atoms with Gasteiger partial charge in [0.15, 0.2) is 0 Å². The van der Waals surface area contributed by atoms with Gasteiger partial charge in [0.1, 0.15) is 0 Å². The first-order valence-corrected chi connectivity index (χ1v) is 6.11. The molecule has 2 rings (SSSR count). The van der Waals surface area contributed by atoms with Crippen LogP contribution in [0.15, 0.2) is 24.3 Å². The van der Waals surface area contributed by atoms with Gasteiger partial charge in [0.05, 0.1) is 27.9 Å². The number of methoxy groups -OCH3 is 1. The predicted octanol–water partition coefficient (Wildman–Crippen LogP) is 1.77. The van der Waals surface area contributed by atoms with E-state index in [4.69, 9.17) is 13.4 Å². The Labute approximate surface area is 118 Å². The van der Waals surface area contributed by atoms with Gasteiger partial charge in [-0.1, -0.05) is 18.2 Å². The first-order chi connectivity index (χ1) is 9.93. The summed E-state index contributed by atoms with van der Waals surface area (Å²) in [4.78, 5) is 12.1. The van der Waals surface area contributed by atoms with E-state index in [-0.39, 0.29) is 5.56 Å². The van der Waals surface area contributed by atoms with Gasteiger partial charge in [-0.15, -0.1) is 0 Å². The van der Waals surface area contributed by atoms with Gasteiger partial charge in [-0.05, 0) is 39.2 Å². The van der Waals surface area contributed by atoms with Crippen molar-refractivity contribution in [3.05, 3.63) is 29.8 Å². The van der Waals surface area contributed by atoms with Crippen LogP contribution in [0.1, 0.15) is 42.2 Å². The van der Waals surface area contributed by atoms with Gasteiger partial charge in [-0.3, -0.25) is 0 Å². The van der Waals surface area contributed by atoms with Crippen LogP contribution in [0.5, 0.6) is 0 Å². The van der Waals surface area contributed by atoms with Crippen LogP contribution in [-0.4, -0.2) is 31.3 Å². The van der Waals surface area contributed by atoms with Crippen LogP contribution in [-0.2, 0) is 14.0 Å². The molecule has 1 saturated heterocycles. The summed E-state index contributed by atoms with van der Waals surface area (Å²) < 4.78 is 37.4. The third kappa shape index (κ3) is 2.40. The highest BCUT2D eigenvalue weighted by atomic mass is 16.7. The van der Waals surface area contributed by atoms with E-state index in [2.05, 4.69) is 4.74 Å². The molecule has 0 aromatic heterocycles. The molecule has 1 aromatic carbocycles. The fraction of sp³-hybridized carbons (Fsp3) is 0.500. The van der Waals surface area contributed by atoms with Crippen LogP contribution < -0.4 is 5.46 Å². The van der Waals surface area contributed by atoms with E-state index in [0.717, 1.165) is 0 Å². The lowest BCUT2D eigenvalue weighted by Gasteiger charge is -2.32. The Morgan fingerprint density at radius 2 is 1.79 bits per heavy atom. The Bertz CT molecular complexity index is 568. The number of ether oxygens (including phenoxy) is 1. The van der Waals surface area contributed by atoms with Crippen molar-refractivity contribution in [1.82, 2.24) is 0 Å².